The van der Waals surface area contributed by atoms with Crippen LogP contribution in [0.25, 0.3) is 10.9 Å². The van der Waals surface area contributed by atoms with Crippen molar-refractivity contribution in [1.82, 2.24) is 15.2 Å². The standard InChI is InChI=1S/C23H24N4O3/c28-16-21(25-22(29)19-10-11-24-20-9-5-4-8-18(19)20)23(30)27-14-12-26(13-15-27)17-6-2-1-3-7-17/h1-11,21,28H,12-16H2,(H,25,29)/t21-/m0/s1. The van der Waals surface area contributed by atoms with Crippen LogP contribution in [0.2, 0.25) is 0 Å². The highest BCUT2D eigenvalue weighted by atomic mass is 16.3. The number of fused-ring (bicyclic) bond motifs is 1. The molecule has 1 atom stereocenters. The van der Waals surface area contributed by atoms with E-state index in [9.17, 15) is 14.7 Å². The van der Waals surface area contributed by atoms with Gasteiger partial charge in [-0.3, -0.25) is 14.6 Å². The molecule has 0 radical (unpaired) electrons. The minimum absolute atomic E-state index is 0.267. The Hall–Kier alpha value is -3.45. The number of amides is 2. The topological polar surface area (TPSA) is 85.8 Å². The van der Waals surface area contributed by atoms with Gasteiger partial charge in [-0.05, 0) is 24.3 Å². The van der Waals surface area contributed by atoms with Gasteiger partial charge in [0.1, 0.15) is 6.04 Å². The smallest absolute Gasteiger partial charge is 0.252 e. The maximum atomic E-state index is 12.9. The Morgan fingerprint density at radius 1 is 0.967 bits per heavy atom. The Labute approximate surface area is 174 Å². The third-order valence-electron chi connectivity index (χ3n) is 5.39. The van der Waals surface area contributed by atoms with E-state index in [-0.39, 0.29) is 5.91 Å². The number of hydrogen-bond acceptors (Lipinski definition) is 5. The number of aliphatic hydroxyl groups excluding tert-OH is 1. The molecule has 0 spiro atoms. The summed E-state index contributed by atoms with van der Waals surface area (Å²) in [6, 6.07) is 18.0. The zero-order valence-electron chi connectivity index (χ0n) is 16.6. The molecule has 7 heteroatoms. The number of rotatable bonds is 5. The second-order valence-corrected chi connectivity index (χ2v) is 7.23. The molecule has 0 saturated carbocycles. The molecule has 7 nitrogen and oxygen atoms in total. The van der Waals surface area contributed by atoms with E-state index in [0.29, 0.717) is 42.6 Å². The van der Waals surface area contributed by atoms with E-state index in [0.717, 1.165) is 5.69 Å². The van der Waals surface area contributed by atoms with Gasteiger partial charge in [0, 0.05) is 43.4 Å². The molecule has 2 N–H and O–H groups in total. The van der Waals surface area contributed by atoms with Crippen molar-refractivity contribution >= 4 is 28.4 Å². The van der Waals surface area contributed by atoms with Crippen LogP contribution in [0.5, 0.6) is 0 Å². The van der Waals surface area contributed by atoms with Gasteiger partial charge < -0.3 is 20.2 Å². The first kappa shape index (κ1) is 19.8. The van der Waals surface area contributed by atoms with E-state index in [1.54, 1.807) is 17.2 Å². The number of pyridine rings is 1. The molecule has 0 unspecified atom stereocenters. The Bertz CT molecular complexity index is 1030. The number of aromatic nitrogens is 1. The number of nitrogens with one attached hydrogen (secondary N) is 1. The fourth-order valence-electron chi connectivity index (χ4n) is 3.76. The normalized spacial score (nSPS) is 15.1. The predicted octanol–water partition coefficient (Wildman–Crippen LogP) is 1.67. The molecule has 1 fully saturated rings. The Kier molecular flexibility index (Phi) is 5.90. The summed E-state index contributed by atoms with van der Waals surface area (Å²) in [5.41, 5.74) is 2.26. The van der Waals surface area contributed by atoms with Crippen molar-refractivity contribution in [2.24, 2.45) is 0 Å². The number of aliphatic hydroxyl groups is 1. The van der Waals surface area contributed by atoms with Crippen molar-refractivity contribution < 1.29 is 14.7 Å². The molecule has 154 valence electrons. The first-order chi connectivity index (χ1) is 14.7. The van der Waals surface area contributed by atoms with Crippen molar-refractivity contribution in [2.45, 2.75) is 6.04 Å². The van der Waals surface area contributed by atoms with Gasteiger partial charge in [0.05, 0.1) is 17.7 Å². The fraction of sp³-hybridized carbons (Fsp3) is 0.261. The van der Waals surface area contributed by atoms with Crippen LogP contribution in [-0.4, -0.2) is 65.6 Å². The molecule has 2 heterocycles. The number of piperazine rings is 1. The zero-order chi connectivity index (χ0) is 20.9. The molecule has 1 aromatic heterocycles. The van der Waals surface area contributed by atoms with Crippen LogP contribution in [-0.2, 0) is 4.79 Å². The van der Waals surface area contributed by atoms with Gasteiger partial charge in [0.2, 0.25) is 5.91 Å². The lowest BCUT2D eigenvalue weighted by Crippen LogP contribution is -2.56. The van der Waals surface area contributed by atoms with Gasteiger partial charge in [0.25, 0.3) is 5.91 Å². The van der Waals surface area contributed by atoms with Crippen LogP contribution in [0.1, 0.15) is 10.4 Å². The number of para-hydroxylation sites is 2. The van der Waals surface area contributed by atoms with Crippen molar-refractivity contribution in [3.05, 3.63) is 72.4 Å². The summed E-state index contributed by atoms with van der Waals surface area (Å²) in [4.78, 5) is 33.9. The quantitative estimate of drug-likeness (QED) is 0.676. The summed E-state index contributed by atoms with van der Waals surface area (Å²) in [6.07, 6.45) is 1.57. The summed E-state index contributed by atoms with van der Waals surface area (Å²) in [6.45, 7) is 2.04. The SMILES string of the molecule is O=C(N[C@@H](CO)C(=O)N1CCN(c2ccccc2)CC1)c1ccnc2ccccc12. The molecule has 1 saturated heterocycles. The van der Waals surface area contributed by atoms with Crippen molar-refractivity contribution in [1.29, 1.82) is 0 Å². The molecule has 4 rings (SSSR count). The lowest BCUT2D eigenvalue weighted by Gasteiger charge is -2.37. The molecule has 0 aliphatic carbocycles. The first-order valence-corrected chi connectivity index (χ1v) is 10.0. The first-order valence-electron chi connectivity index (χ1n) is 10.0. The maximum Gasteiger partial charge on any atom is 0.252 e. The Morgan fingerprint density at radius 3 is 2.40 bits per heavy atom. The van der Waals surface area contributed by atoms with Crippen molar-refractivity contribution in [2.75, 3.05) is 37.7 Å². The molecule has 1 aliphatic heterocycles. The van der Waals surface area contributed by atoms with Gasteiger partial charge in [0.15, 0.2) is 0 Å². The molecule has 2 amide bonds. The van der Waals surface area contributed by atoms with E-state index >= 15 is 0 Å². The molecule has 1 aliphatic rings. The van der Waals surface area contributed by atoms with Gasteiger partial charge in [-0.15, -0.1) is 0 Å². The van der Waals surface area contributed by atoms with E-state index in [1.165, 1.54) is 0 Å². The second kappa shape index (κ2) is 8.92. The third kappa shape index (κ3) is 4.11. The van der Waals surface area contributed by atoms with Gasteiger partial charge in [-0.25, -0.2) is 0 Å². The fourth-order valence-corrected chi connectivity index (χ4v) is 3.76. The highest BCUT2D eigenvalue weighted by Gasteiger charge is 2.29. The van der Waals surface area contributed by atoms with Gasteiger partial charge in [-0.2, -0.15) is 0 Å². The summed E-state index contributed by atoms with van der Waals surface area (Å²) in [5.74, 6) is -0.666. The van der Waals surface area contributed by atoms with E-state index < -0.39 is 18.6 Å². The maximum absolute atomic E-state index is 12.9. The van der Waals surface area contributed by atoms with Crippen LogP contribution >= 0.6 is 0 Å². The summed E-state index contributed by atoms with van der Waals surface area (Å²) < 4.78 is 0. The number of carbonyl (C=O) groups is 2. The van der Waals surface area contributed by atoms with E-state index in [1.807, 2.05) is 54.6 Å². The molecular formula is C23H24N4O3. The van der Waals surface area contributed by atoms with Crippen LogP contribution in [0.15, 0.2) is 66.9 Å². The summed E-state index contributed by atoms with van der Waals surface area (Å²) >= 11 is 0. The highest BCUT2D eigenvalue weighted by Crippen LogP contribution is 2.18. The molecule has 2 aromatic carbocycles. The lowest BCUT2D eigenvalue weighted by atomic mass is 10.1. The van der Waals surface area contributed by atoms with Crippen LogP contribution in [0.3, 0.4) is 0 Å². The number of anilines is 1. The number of benzene rings is 2. The van der Waals surface area contributed by atoms with Crippen LogP contribution < -0.4 is 10.2 Å². The van der Waals surface area contributed by atoms with Crippen LogP contribution in [0.4, 0.5) is 5.69 Å². The largest absolute Gasteiger partial charge is 0.394 e. The monoisotopic (exact) mass is 404 g/mol. The van der Waals surface area contributed by atoms with Gasteiger partial charge >= 0.3 is 0 Å². The second-order valence-electron chi connectivity index (χ2n) is 7.23. The summed E-state index contributed by atoms with van der Waals surface area (Å²) in [7, 11) is 0. The van der Waals surface area contributed by atoms with Crippen molar-refractivity contribution in [3.63, 3.8) is 0 Å². The molecule has 0 bridgehead atoms. The molecule has 30 heavy (non-hydrogen) atoms. The minimum Gasteiger partial charge on any atom is -0.394 e. The Morgan fingerprint density at radius 2 is 1.67 bits per heavy atom. The minimum atomic E-state index is -0.979. The average molecular weight is 404 g/mol. The molecular weight excluding hydrogens is 380 g/mol. The van der Waals surface area contributed by atoms with Crippen molar-refractivity contribution in [3.8, 4) is 0 Å². The number of nitrogens with zero attached hydrogens (tertiary/aromatic N) is 3. The third-order valence-corrected chi connectivity index (χ3v) is 5.39. The zero-order valence-corrected chi connectivity index (χ0v) is 16.6. The van der Waals surface area contributed by atoms with Gasteiger partial charge in [-0.1, -0.05) is 36.4 Å². The van der Waals surface area contributed by atoms with E-state index in [2.05, 4.69) is 15.2 Å². The highest BCUT2D eigenvalue weighted by molar-refractivity contribution is 6.07. The Balaban J connectivity index is 1.41. The summed E-state index contributed by atoms with van der Waals surface area (Å²) in [5, 5.41) is 13.2. The lowest BCUT2D eigenvalue weighted by molar-refractivity contribution is -0.134. The van der Waals surface area contributed by atoms with Crippen LogP contribution in [0, 0.1) is 0 Å². The van der Waals surface area contributed by atoms with E-state index in [4.69, 9.17) is 0 Å². The average Bonchev–Trinajstić information content (AvgIpc) is 2.82. The number of hydrogen-bond donors (Lipinski definition) is 2. The predicted molar refractivity (Wildman–Crippen MR) is 115 cm³/mol. The molecule has 3 aromatic rings. The number of carbonyl (C=O) groups excluding carboxylic acids is 2.